The fraction of sp³-hybridized carbons (Fsp3) is 0.500. The average molecular weight is 276 g/mol. The minimum Gasteiger partial charge on any atom is -0.347 e. The zero-order valence-corrected chi connectivity index (χ0v) is 12.5. The van der Waals surface area contributed by atoms with E-state index in [1.165, 1.54) is 12.2 Å². The molecule has 0 heterocycles. The molecule has 1 rings (SSSR count). The second-order valence-electron chi connectivity index (χ2n) is 5.80. The van der Waals surface area contributed by atoms with Crippen molar-refractivity contribution in [3.63, 3.8) is 0 Å². The van der Waals surface area contributed by atoms with Crippen molar-refractivity contribution in [2.24, 2.45) is 5.92 Å². The van der Waals surface area contributed by atoms with Crippen molar-refractivity contribution in [3.8, 4) is 0 Å². The van der Waals surface area contributed by atoms with Crippen molar-refractivity contribution >= 4 is 11.8 Å². The van der Waals surface area contributed by atoms with Crippen LogP contribution in [-0.4, -0.2) is 23.4 Å². The molecule has 4 heteroatoms. The van der Waals surface area contributed by atoms with Crippen LogP contribution in [0, 0.1) is 5.92 Å². The van der Waals surface area contributed by atoms with Crippen molar-refractivity contribution in [2.45, 2.75) is 45.2 Å². The molecular formula is C16H24N2O2. The van der Waals surface area contributed by atoms with Crippen molar-refractivity contribution in [1.29, 1.82) is 0 Å². The summed E-state index contributed by atoms with van der Waals surface area (Å²) in [6.45, 7) is 13.0. The Hall–Kier alpha value is -1.84. The summed E-state index contributed by atoms with van der Waals surface area (Å²) in [5.74, 6) is -0.0884. The molecule has 0 spiro atoms. The normalized spacial score (nSPS) is 22.4. The molecule has 0 fully saturated rings. The lowest BCUT2D eigenvalue weighted by Gasteiger charge is -2.39. The van der Waals surface area contributed by atoms with Crippen LogP contribution in [0.5, 0.6) is 0 Å². The third-order valence-electron chi connectivity index (χ3n) is 3.95. The molecule has 1 aliphatic carbocycles. The lowest BCUT2D eigenvalue weighted by molar-refractivity contribution is -0.119. The maximum atomic E-state index is 11.5. The zero-order chi connectivity index (χ0) is 15.3. The second-order valence-corrected chi connectivity index (χ2v) is 5.80. The summed E-state index contributed by atoms with van der Waals surface area (Å²) in [7, 11) is 0. The predicted molar refractivity (Wildman–Crippen MR) is 81.0 cm³/mol. The van der Waals surface area contributed by atoms with Crippen LogP contribution >= 0.6 is 0 Å². The van der Waals surface area contributed by atoms with Crippen molar-refractivity contribution in [2.75, 3.05) is 0 Å². The van der Waals surface area contributed by atoms with Gasteiger partial charge in [-0.1, -0.05) is 24.8 Å². The van der Waals surface area contributed by atoms with E-state index in [0.717, 1.165) is 18.4 Å². The summed E-state index contributed by atoms with van der Waals surface area (Å²) in [5, 5.41) is 5.89. The topological polar surface area (TPSA) is 58.2 Å². The average Bonchev–Trinajstić information content (AvgIpc) is 2.40. The van der Waals surface area contributed by atoms with Gasteiger partial charge in [0.25, 0.3) is 0 Å². The van der Waals surface area contributed by atoms with E-state index in [-0.39, 0.29) is 29.3 Å². The summed E-state index contributed by atoms with van der Waals surface area (Å²) in [6, 6.07) is -0.000779. The molecule has 0 saturated heterocycles. The van der Waals surface area contributed by atoms with Gasteiger partial charge in [-0.25, -0.2) is 0 Å². The fourth-order valence-electron chi connectivity index (χ4n) is 2.50. The van der Waals surface area contributed by atoms with Gasteiger partial charge in [0.1, 0.15) is 0 Å². The highest BCUT2D eigenvalue weighted by Gasteiger charge is 2.34. The van der Waals surface area contributed by atoms with Crippen LogP contribution < -0.4 is 10.6 Å². The summed E-state index contributed by atoms with van der Waals surface area (Å²) in [5.41, 5.74) is 0.807. The highest BCUT2D eigenvalue weighted by atomic mass is 16.2. The van der Waals surface area contributed by atoms with Crippen LogP contribution in [0.1, 0.15) is 33.6 Å². The number of nitrogens with one attached hydrogen (secondary N) is 2. The maximum absolute atomic E-state index is 11.5. The third kappa shape index (κ3) is 4.08. The van der Waals surface area contributed by atoms with Gasteiger partial charge in [-0.15, -0.1) is 0 Å². The first-order valence-corrected chi connectivity index (χ1v) is 6.84. The van der Waals surface area contributed by atoms with Crippen LogP contribution in [-0.2, 0) is 9.59 Å². The maximum Gasteiger partial charge on any atom is 0.243 e. The Morgan fingerprint density at radius 2 is 1.90 bits per heavy atom. The van der Waals surface area contributed by atoms with E-state index in [1.807, 2.05) is 20.8 Å². The van der Waals surface area contributed by atoms with Crippen LogP contribution in [0.15, 0.2) is 37.0 Å². The molecule has 4 nitrogen and oxygen atoms in total. The molecule has 20 heavy (non-hydrogen) atoms. The molecule has 0 radical (unpaired) electrons. The van der Waals surface area contributed by atoms with E-state index < -0.39 is 0 Å². The van der Waals surface area contributed by atoms with Crippen molar-refractivity contribution in [1.82, 2.24) is 10.6 Å². The van der Waals surface area contributed by atoms with Gasteiger partial charge in [-0.05, 0) is 51.7 Å². The highest BCUT2D eigenvalue weighted by Crippen LogP contribution is 2.32. The van der Waals surface area contributed by atoms with Gasteiger partial charge in [0.2, 0.25) is 11.8 Å². The monoisotopic (exact) mass is 276 g/mol. The van der Waals surface area contributed by atoms with Gasteiger partial charge in [0, 0.05) is 5.54 Å². The van der Waals surface area contributed by atoms with E-state index in [1.54, 1.807) is 0 Å². The van der Waals surface area contributed by atoms with Gasteiger partial charge < -0.3 is 10.6 Å². The van der Waals surface area contributed by atoms with Crippen molar-refractivity contribution in [3.05, 3.63) is 37.0 Å². The predicted octanol–water partition coefficient (Wildman–Crippen LogP) is 2.09. The second kappa shape index (κ2) is 6.55. The van der Waals surface area contributed by atoms with Crippen LogP contribution in [0.3, 0.4) is 0 Å². The highest BCUT2D eigenvalue weighted by molar-refractivity contribution is 5.88. The summed E-state index contributed by atoms with van der Waals surface area (Å²) in [4.78, 5) is 23.0. The van der Waals surface area contributed by atoms with Gasteiger partial charge in [0.15, 0.2) is 0 Å². The number of amides is 2. The lowest BCUT2D eigenvalue weighted by atomic mass is 9.75. The number of rotatable bonds is 5. The molecule has 0 aliphatic heterocycles. The van der Waals surface area contributed by atoms with Gasteiger partial charge in [0.05, 0.1) is 6.04 Å². The lowest BCUT2D eigenvalue weighted by Crippen LogP contribution is -2.51. The SMILES string of the molecule is C=CC(=O)N[C@@H]1C[C@@H](C(C)(C)NC(=O)C=C)CC=C1C. The Kier molecular flexibility index (Phi) is 5.31. The first-order chi connectivity index (χ1) is 9.30. The minimum atomic E-state index is -0.348. The Morgan fingerprint density at radius 1 is 1.30 bits per heavy atom. The number of carbonyl (C=O) groups is 2. The number of allylic oxidation sites excluding steroid dienone is 1. The van der Waals surface area contributed by atoms with Crippen LogP contribution in [0.2, 0.25) is 0 Å². The standard InChI is InChI=1S/C16H24N2O2/c1-6-14(19)17-13-10-12(9-8-11(13)3)16(4,5)18-15(20)7-2/h6-8,12-13H,1-2,9-10H2,3-5H3,(H,17,19)(H,18,20)/t12-,13+/m0/s1. The molecule has 2 atom stereocenters. The molecule has 110 valence electrons. The molecule has 2 N–H and O–H groups in total. The molecular weight excluding hydrogens is 252 g/mol. The van der Waals surface area contributed by atoms with Crippen molar-refractivity contribution < 1.29 is 9.59 Å². The molecule has 0 unspecified atom stereocenters. The number of carbonyl (C=O) groups excluding carboxylic acids is 2. The quantitative estimate of drug-likeness (QED) is 0.597. The minimum absolute atomic E-state index is 0.000779. The Balaban J connectivity index is 2.79. The number of hydrogen-bond donors (Lipinski definition) is 2. The largest absolute Gasteiger partial charge is 0.347 e. The summed E-state index contributed by atoms with van der Waals surface area (Å²) >= 11 is 0. The Morgan fingerprint density at radius 3 is 2.45 bits per heavy atom. The van der Waals surface area contributed by atoms with Crippen LogP contribution in [0.25, 0.3) is 0 Å². The molecule has 0 saturated carbocycles. The Bertz CT molecular complexity index is 449. The fourth-order valence-corrected chi connectivity index (χ4v) is 2.50. The van der Waals surface area contributed by atoms with Gasteiger partial charge in [-0.2, -0.15) is 0 Å². The molecule has 0 aromatic carbocycles. The van der Waals surface area contributed by atoms with Gasteiger partial charge >= 0.3 is 0 Å². The van der Waals surface area contributed by atoms with E-state index in [9.17, 15) is 9.59 Å². The molecule has 0 aromatic heterocycles. The molecule has 0 aromatic rings. The third-order valence-corrected chi connectivity index (χ3v) is 3.95. The molecule has 2 amide bonds. The molecule has 0 bridgehead atoms. The zero-order valence-electron chi connectivity index (χ0n) is 12.5. The number of hydrogen-bond acceptors (Lipinski definition) is 2. The smallest absolute Gasteiger partial charge is 0.243 e. The first kappa shape index (κ1) is 16.2. The first-order valence-electron chi connectivity index (χ1n) is 6.84. The molecule has 1 aliphatic rings. The van der Waals surface area contributed by atoms with Crippen LogP contribution in [0.4, 0.5) is 0 Å². The van der Waals surface area contributed by atoms with Gasteiger partial charge in [-0.3, -0.25) is 9.59 Å². The summed E-state index contributed by atoms with van der Waals surface area (Å²) < 4.78 is 0. The Labute approximate surface area is 121 Å². The van der Waals surface area contributed by atoms with E-state index in [4.69, 9.17) is 0 Å². The van der Waals surface area contributed by atoms with E-state index in [0.29, 0.717) is 0 Å². The van der Waals surface area contributed by atoms with E-state index in [2.05, 4.69) is 29.9 Å². The summed E-state index contributed by atoms with van der Waals surface area (Å²) in [6.07, 6.45) is 6.37. The van der Waals surface area contributed by atoms with E-state index >= 15 is 0 Å².